The maximum atomic E-state index is 12.0. The summed E-state index contributed by atoms with van der Waals surface area (Å²) in [6.45, 7) is 7.71. The highest BCUT2D eigenvalue weighted by Crippen LogP contribution is 2.24. The molecule has 0 unspecified atom stereocenters. The lowest BCUT2D eigenvalue weighted by Gasteiger charge is -2.33. The highest BCUT2D eigenvalue weighted by molar-refractivity contribution is 9.10. The van der Waals surface area contributed by atoms with Crippen LogP contribution in [0.5, 0.6) is 5.88 Å². The van der Waals surface area contributed by atoms with Gasteiger partial charge in [-0.15, -0.1) is 0 Å². The number of carbonyl (C=O) groups excluding carboxylic acids is 1. The molecule has 1 aromatic heterocycles. The fraction of sp³-hybridized carbons (Fsp3) is 0.625. The topological polar surface area (TPSA) is 51.7 Å². The number of pyridine rings is 1. The Morgan fingerprint density at radius 3 is 2.68 bits per heavy atom. The SMILES string of the molecule is CC(C)(C)OC(=O)N1CCC(COc2ncccc2Br)CC1. The van der Waals surface area contributed by atoms with Crippen LogP contribution in [-0.2, 0) is 4.74 Å². The summed E-state index contributed by atoms with van der Waals surface area (Å²) in [6, 6.07) is 3.77. The number of piperidine rings is 1. The third kappa shape index (κ3) is 5.16. The zero-order valence-electron chi connectivity index (χ0n) is 13.3. The van der Waals surface area contributed by atoms with Crippen molar-refractivity contribution >= 4 is 22.0 Å². The van der Waals surface area contributed by atoms with E-state index in [4.69, 9.17) is 9.47 Å². The van der Waals surface area contributed by atoms with Crippen LogP contribution < -0.4 is 4.74 Å². The van der Waals surface area contributed by atoms with Crippen LogP contribution in [0.15, 0.2) is 22.8 Å². The van der Waals surface area contributed by atoms with Crippen molar-refractivity contribution in [2.75, 3.05) is 19.7 Å². The molecule has 1 aliphatic heterocycles. The standard InChI is InChI=1S/C16H23BrN2O3/c1-16(2,3)22-15(20)19-9-6-12(7-10-19)11-21-14-13(17)5-4-8-18-14/h4-5,8,12H,6-7,9-11H2,1-3H3. The van der Waals surface area contributed by atoms with E-state index in [9.17, 15) is 4.79 Å². The Hall–Kier alpha value is -1.30. The van der Waals surface area contributed by atoms with E-state index >= 15 is 0 Å². The molecule has 22 heavy (non-hydrogen) atoms. The van der Waals surface area contributed by atoms with E-state index in [0.717, 1.165) is 17.3 Å². The van der Waals surface area contributed by atoms with Crippen molar-refractivity contribution in [3.05, 3.63) is 22.8 Å². The summed E-state index contributed by atoms with van der Waals surface area (Å²) in [4.78, 5) is 18.0. The van der Waals surface area contributed by atoms with Gasteiger partial charge < -0.3 is 14.4 Å². The molecular weight excluding hydrogens is 348 g/mol. The number of aromatic nitrogens is 1. The highest BCUT2D eigenvalue weighted by atomic mass is 79.9. The van der Waals surface area contributed by atoms with Gasteiger partial charge in [0.05, 0.1) is 11.1 Å². The third-order valence-corrected chi connectivity index (χ3v) is 4.05. The van der Waals surface area contributed by atoms with Gasteiger partial charge in [0.2, 0.25) is 5.88 Å². The Bertz CT molecular complexity index is 508. The predicted octanol–water partition coefficient (Wildman–Crippen LogP) is 3.87. The van der Waals surface area contributed by atoms with Crippen molar-refractivity contribution in [1.29, 1.82) is 0 Å². The molecule has 0 aliphatic carbocycles. The van der Waals surface area contributed by atoms with Crippen LogP contribution in [0.4, 0.5) is 4.79 Å². The van der Waals surface area contributed by atoms with E-state index in [1.54, 1.807) is 11.1 Å². The second kappa shape index (κ2) is 7.31. The minimum absolute atomic E-state index is 0.223. The van der Waals surface area contributed by atoms with Gasteiger partial charge in [-0.05, 0) is 67.6 Å². The van der Waals surface area contributed by atoms with Gasteiger partial charge in [0, 0.05) is 19.3 Å². The molecule has 6 heteroatoms. The largest absolute Gasteiger partial charge is 0.477 e. The summed E-state index contributed by atoms with van der Waals surface area (Å²) in [7, 11) is 0. The zero-order chi connectivity index (χ0) is 16.2. The number of amides is 1. The van der Waals surface area contributed by atoms with Crippen LogP contribution in [-0.4, -0.2) is 41.3 Å². The maximum absolute atomic E-state index is 12.0. The zero-order valence-corrected chi connectivity index (χ0v) is 14.9. The van der Waals surface area contributed by atoms with Crippen molar-refractivity contribution in [2.45, 2.75) is 39.2 Å². The first kappa shape index (κ1) is 17.1. The van der Waals surface area contributed by atoms with Crippen LogP contribution in [0.3, 0.4) is 0 Å². The van der Waals surface area contributed by atoms with E-state index in [0.29, 0.717) is 31.5 Å². The van der Waals surface area contributed by atoms with Crippen molar-refractivity contribution in [3.8, 4) is 5.88 Å². The van der Waals surface area contributed by atoms with Crippen LogP contribution in [0.25, 0.3) is 0 Å². The molecule has 5 nitrogen and oxygen atoms in total. The number of rotatable bonds is 3. The molecule has 0 saturated carbocycles. The fourth-order valence-electron chi connectivity index (χ4n) is 2.28. The molecule has 0 N–H and O–H groups in total. The molecule has 1 amide bonds. The Morgan fingerprint density at radius 2 is 2.09 bits per heavy atom. The van der Waals surface area contributed by atoms with Gasteiger partial charge in [-0.1, -0.05) is 0 Å². The minimum atomic E-state index is -0.442. The third-order valence-electron chi connectivity index (χ3n) is 3.45. The maximum Gasteiger partial charge on any atom is 0.410 e. The number of likely N-dealkylation sites (tertiary alicyclic amines) is 1. The van der Waals surface area contributed by atoms with Gasteiger partial charge in [-0.2, -0.15) is 0 Å². The Morgan fingerprint density at radius 1 is 1.41 bits per heavy atom. The molecule has 122 valence electrons. The van der Waals surface area contributed by atoms with E-state index in [2.05, 4.69) is 20.9 Å². The second-order valence-corrected chi connectivity index (χ2v) is 7.37. The summed E-state index contributed by atoms with van der Waals surface area (Å²) in [6.07, 6.45) is 3.33. The monoisotopic (exact) mass is 370 g/mol. The van der Waals surface area contributed by atoms with Crippen molar-refractivity contribution in [3.63, 3.8) is 0 Å². The van der Waals surface area contributed by atoms with Crippen molar-refractivity contribution < 1.29 is 14.3 Å². The molecule has 1 aliphatic rings. The van der Waals surface area contributed by atoms with Crippen LogP contribution in [0.1, 0.15) is 33.6 Å². The quantitative estimate of drug-likeness (QED) is 0.810. The summed E-state index contributed by atoms with van der Waals surface area (Å²) in [5.41, 5.74) is -0.442. The molecule has 0 aromatic carbocycles. The lowest BCUT2D eigenvalue weighted by atomic mass is 9.98. The first-order valence-electron chi connectivity index (χ1n) is 7.56. The molecule has 0 atom stereocenters. The van der Waals surface area contributed by atoms with Gasteiger partial charge >= 0.3 is 6.09 Å². The predicted molar refractivity (Wildman–Crippen MR) is 88.0 cm³/mol. The van der Waals surface area contributed by atoms with Crippen LogP contribution in [0.2, 0.25) is 0 Å². The first-order chi connectivity index (χ1) is 10.3. The van der Waals surface area contributed by atoms with E-state index in [1.165, 1.54) is 0 Å². The smallest absolute Gasteiger partial charge is 0.410 e. The van der Waals surface area contributed by atoms with Crippen LogP contribution in [0, 0.1) is 5.92 Å². The highest BCUT2D eigenvalue weighted by Gasteiger charge is 2.27. The number of nitrogens with zero attached hydrogens (tertiary/aromatic N) is 2. The average molecular weight is 371 g/mol. The summed E-state index contributed by atoms with van der Waals surface area (Å²) in [5, 5.41) is 0. The molecular formula is C16H23BrN2O3. The lowest BCUT2D eigenvalue weighted by Crippen LogP contribution is -2.42. The van der Waals surface area contributed by atoms with Gasteiger partial charge in [-0.3, -0.25) is 0 Å². The van der Waals surface area contributed by atoms with E-state index < -0.39 is 5.60 Å². The van der Waals surface area contributed by atoms with Crippen molar-refractivity contribution in [1.82, 2.24) is 9.88 Å². The number of carbonyl (C=O) groups is 1. The van der Waals surface area contributed by atoms with Gasteiger partial charge in [0.25, 0.3) is 0 Å². The molecule has 0 radical (unpaired) electrons. The summed E-state index contributed by atoms with van der Waals surface area (Å²) < 4.78 is 12.0. The normalized spacial score (nSPS) is 16.5. The lowest BCUT2D eigenvalue weighted by molar-refractivity contribution is 0.0164. The van der Waals surface area contributed by atoms with E-state index in [1.807, 2.05) is 32.9 Å². The molecule has 1 fully saturated rings. The molecule has 2 heterocycles. The first-order valence-corrected chi connectivity index (χ1v) is 8.36. The number of ether oxygens (including phenoxy) is 2. The number of hydrogen-bond acceptors (Lipinski definition) is 4. The summed E-state index contributed by atoms with van der Waals surface area (Å²) in [5.74, 6) is 1.06. The Balaban J connectivity index is 1.76. The second-order valence-electron chi connectivity index (χ2n) is 6.51. The van der Waals surface area contributed by atoms with Gasteiger partial charge in [-0.25, -0.2) is 9.78 Å². The molecule has 1 aromatic rings. The van der Waals surface area contributed by atoms with Gasteiger partial charge in [0.1, 0.15) is 5.60 Å². The molecule has 0 spiro atoms. The van der Waals surface area contributed by atoms with Crippen LogP contribution >= 0.6 is 15.9 Å². The number of hydrogen-bond donors (Lipinski definition) is 0. The van der Waals surface area contributed by atoms with Crippen molar-refractivity contribution in [2.24, 2.45) is 5.92 Å². The molecule has 2 rings (SSSR count). The molecule has 0 bridgehead atoms. The molecule has 1 saturated heterocycles. The minimum Gasteiger partial charge on any atom is -0.477 e. The van der Waals surface area contributed by atoms with Gasteiger partial charge in [0.15, 0.2) is 0 Å². The summed E-state index contributed by atoms with van der Waals surface area (Å²) >= 11 is 3.42. The number of halogens is 1. The van der Waals surface area contributed by atoms with E-state index in [-0.39, 0.29) is 6.09 Å². The average Bonchev–Trinajstić information content (AvgIpc) is 2.45. The Labute approximate surface area is 140 Å². The fourth-order valence-corrected chi connectivity index (χ4v) is 2.65. The Kier molecular flexibility index (Phi) is 5.67.